The van der Waals surface area contributed by atoms with E-state index in [1.54, 1.807) is 0 Å². The molecule has 1 aromatic rings. The van der Waals surface area contributed by atoms with E-state index in [0.717, 1.165) is 13.0 Å². The van der Waals surface area contributed by atoms with Gasteiger partial charge in [0.25, 0.3) is 0 Å². The molecular formula is C16H22O. The van der Waals surface area contributed by atoms with E-state index in [2.05, 4.69) is 51.1 Å². The second-order valence-electron chi connectivity index (χ2n) is 5.78. The fourth-order valence-electron chi connectivity index (χ4n) is 2.34. The molecule has 1 saturated heterocycles. The maximum atomic E-state index is 5.88. The third kappa shape index (κ3) is 3.44. The SMILES string of the molecule is CC(=Cc1ccccc1)C1CC(C)(C)CCO1. The average Bonchev–Trinajstić information content (AvgIpc) is 2.29. The lowest BCUT2D eigenvalue weighted by Gasteiger charge is -2.35. The maximum absolute atomic E-state index is 5.88. The molecule has 0 aliphatic carbocycles. The van der Waals surface area contributed by atoms with Crippen LogP contribution in [0.4, 0.5) is 0 Å². The highest BCUT2D eigenvalue weighted by Gasteiger charge is 2.29. The van der Waals surface area contributed by atoms with E-state index in [-0.39, 0.29) is 0 Å². The molecule has 0 amide bonds. The molecule has 17 heavy (non-hydrogen) atoms. The first-order chi connectivity index (χ1) is 8.07. The quantitative estimate of drug-likeness (QED) is 0.736. The first kappa shape index (κ1) is 12.4. The summed E-state index contributed by atoms with van der Waals surface area (Å²) in [6.07, 6.45) is 4.83. The van der Waals surface area contributed by atoms with Crippen LogP contribution >= 0.6 is 0 Å². The van der Waals surface area contributed by atoms with Gasteiger partial charge in [-0.05, 0) is 36.3 Å². The van der Waals surface area contributed by atoms with Crippen LogP contribution in [0.3, 0.4) is 0 Å². The molecule has 0 spiro atoms. The fraction of sp³-hybridized carbons (Fsp3) is 0.500. The van der Waals surface area contributed by atoms with Crippen molar-refractivity contribution < 1.29 is 4.74 Å². The molecule has 1 aliphatic rings. The Morgan fingerprint density at radius 1 is 1.29 bits per heavy atom. The van der Waals surface area contributed by atoms with Gasteiger partial charge in [0.1, 0.15) is 0 Å². The van der Waals surface area contributed by atoms with Crippen molar-refractivity contribution in [2.75, 3.05) is 6.61 Å². The topological polar surface area (TPSA) is 9.23 Å². The molecular weight excluding hydrogens is 208 g/mol. The van der Waals surface area contributed by atoms with Crippen molar-refractivity contribution in [1.29, 1.82) is 0 Å². The van der Waals surface area contributed by atoms with Crippen LogP contribution < -0.4 is 0 Å². The van der Waals surface area contributed by atoms with E-state index in [9.17, 15) is 0 Å². The third-order valence-corrected chi connectivity index (χ3v) is 3.54. The zero-order valence-electron chi connectivity index (χ0n) is 11.1. The minimum Gasteiger partial charge on any atom is -0.374 e. The van der Waals surface area contributed by atoms with E-state index in [1.807, 2.05) is 6.07 Å². The first-order valence-electron chi connectivity index (χ1n) is 6.42. The van der Waals surface area contributed by atoms with Crippen LogP contribution in [0, 0.1) is 5.41 Å². The van der Waals surface area contributed by atoms with Gasteiger partial charge in [-0.1, -0.05) is 50.3 Å². The predicted molar refractivity (Wildman–Crippen MR) is 72.8 cm³/mol. The summed E-state index contributed by atoms with van der Waals surface area (Å²) in [6, 6.07) is 10.5. The summed E-state index contributed by atoms with van der Waals surface area (Å²) >= 11 is 0. The Hall–Kier alpha value is -1.08. The van der Waals surface area contributed by atoms with Gasteiger partial charge >= 0.3 is 0 Å². The zero-order chi connectivity index (χ0) is 12.3. The van der Waals surface area contributed by atoms with Gasteiger partial charge in [0, 0.05) is 6.61 Å². The summed E-state index contributed by atoms with van der Waals surface area (Å²) in [5.74, 6) is 0. The fourth-order valence-corrected chi connectivity index (χ4v) is 2.34. The molecule has 1 heteroatoms. The Labute approximate surface area is 104 Å². The van der Waals surface area contributed by atoms with Crippen molar-refractivity contribution in [3.63, 3.8) is 0 Å². The van der Waals surface area contributed by atoms with Gasteiger partial charge < -0.3 is 4.74 Å². The van der Waals surface area contributed by atoms with E-state index >= 15 is 0 Å². The summed E-state index contributed by atoms with van der Waals surface area (Å²) in [5.41, 5.74) is 3.01. The van der Waals surface area contributed by atoms with Gasteiger partial charge in [0.15, 0.2) is 0 Å². The second kappa shape index (κ2) is 5.05. The second-order valence-corrected chi connectivity index (χ2v) is 5.78. The Bertz CT molecular complexity index is 389. The number of benzene rings is 1. The molecule has 1 atom stereocenters. The van der Waals surface area contributed by atoms with E-state index in [1.165, 1.54) is 17.6 Å². The van der Waals surface area contributed by atoms with Gasteiger partial charge in [-0.2, -0.15) is 0 Å². The highest BCUT2D eigenvalue weighted by atomic mass is 16.5. The lowest BCUT2D eigenvalue weighted by molar-refractivity contribution is -0.0153. The van der Waals surface area contributed by atoms with E-state index in [4.69, 9.17) is 4.74 Å². The number of ether oxygens (including phenoxy) is 1. The molecule has 1 nitrogen and oxygen atoms in total. The predicted octanol–water partition coefficient (Wildman–Crippen LogP) is 4.30. The van der Waals surface area contributed by atoms with Gasteiger partial charge in [0.05, 0.1) is 6.10 Å². The minimum atomic E-state index is 0.291. The molecule has 1 aromatic carbocycles. The molecule has 1 aliphatic heterocycles. The summed E-state index contributed by atoms with van der Waals surface area (Å²) in [4.78, 5) is 0. The summed E-state index contributed by atoms with van der Waals surface area (Å²) in [5, 5.41) is 0. The van der Waals surface area contributed by atoms with Gasteiger partial charge in [-0.25, -0.2) is 0 Å². The first-order valence-corrected chi connectivity index (χ1v) is 6.42. The van der Waals surface area contributed by atoms with Crippen molar-refractivity contribution >= 4 is 6.08 Å². The molecule has 1 fully saturated rings. The van der Waals surface area contributed by atoms with Crippen LogP contribution in [-0.2, 0) is 4.74 Å². The number of hydrogen-bond donors (Lipinski definition) is 0. The number of rotatable bonds is 2. The highest BCUT2D eigenvalue weighted by molar-refractivity contribution is 5.53. The molecule has 2 rings (SSSR count). The molecule has 0 saturated carbocycles. The molecule has 0 aromatic heterocycles. The van der Waals surface area contributed by atoms with Crippen LogP contribution in [0.15, 0.2) is 35.9 Å². The standard InChI is InChI=1S/C16H22O/c1-13(11-14-7-5-4-6-8-14)15-12-16(2,3)9-10-17-15/h4-8,11,15H,9-10,12H2,1-3H3. The van der Waals surface area contributed by atoms with Gasteiger partial charge in [-0.3, -0.25) is 0 Å². The summed E-state index contributed by atoms with van der Waals surface area (Å²) < 4.78 is 5.88. The zero-order valence-corrected chi connectivity index (χ0v) is 11.1. The maximum Gasteiger partial charge on any atom is 0.0790 e. The van der Waals surface area contributed by atoms with Gasteiger partial charge in [0.2, 0.25) is 0 Å². The molecule has 0 bridgehead atoms. The largest absolute Gasteiger partial charge is 0.374 e. The third-order valence-electron chi connectivity index (χ3n) is 3.54. The summed E-state index contributed by atoms with van der Waals surface area (Å²) in [6.45, 7) is 7.73. The van der Waals surface area contributed by atoms with Crippen LogP contribution in [0.25, 0.3) is 6.08 Å². The van der Waals surface area contributed by atoms with Crippen LogP contribution in [0.2, 0.25) is 0 Å². The normalized spacial score (nSPS) is 24.6. The van der Waals surface area contributed by atoms with Crippen molar-refractivity contribution in [2.24, 2.45) is 5.41 Å². The monoisotopic (exact) mass is 230 g/mol. The van der Waals surface area contributed by atoms with E-state index < -0.39 is 0 Å². The molecule has 1 unspecified atom stereocenters. The number of hydrogen-bond acceptors (Lipinski definition) is 1. The molecule has 92 valence electrons. The Kier molecular flexibility index (Phi) is 3.68. The van der Waals surface area contributed by atoms with Crippen molar-refractivity contribution in [3.05, 3.63) is 41.5 Å². The molecule has 1 heterocycles. The van der Waals surface area contributed by atoms with Crippen molar-refractivity contribution in [3.8, 4) is 0 Å². The molecule has 0 radical (unpaired) electrons. The van der Waals surface area contributed by atoms with Crippen LogP contribution in [0.5, 0.6) is 0 Å². The van der Waals surface area contributed by atoms with Crippen LogP contribution in [-0.4, -0.2) is 12.7 Å². The summed E-state index contributed by atoms with van der Waals surface area (Å²) in [7, 11) is 0. The Morgan fingerprint density at radius 2 is 2.00 bits per heavy atom. The smallest absolute Gasteiger partial charge is 0.0790 e. The molecule has 0 N–H and O–H groups in total. The van der Waals surface area contributed by atoms with E-state index in [0.29, 0.717) is 11.5 Å². The lowest BCUT2D eigenvalue weighted by atomic mass is 9.80. The van der Waals surface area contributed by atoms with Crippen molar-refractivity contribution in [2.45, 2.75) is 39.7 Å². The lowest BCUT2D eigenvalue weighted by Crippen LogP contribution is -2.31. The van der Waals surface area contributed by atoms with Gasteiger partial charge in [-0.15, -0.1) is 0 Å². The Balaban J connectivity index is 2.09. The average molecular weight is 230 g/mol. The highest BCUT2D eigenvalue weighted by Crippen LogP contribution is 2.35. The van der Waals surface area contributed by atoms with Crippen LogP contribution in [0.1, 0.15) is 39.2 Å². The van der Waals surface area contributed by atoms with Crippen molar-refractivity contribution in [1.82, 2.24) is 0 Å². The minimum absolute atomic E-state index is 0.291. The Morgan fingerprint density at radius 3 is 2.65 bits per heavy atom.